The molecule has 1 unspecified atom stereocenters. The van der Waals surface area contributed by atoms with Gasteiger partial charge >= 0.3 is 0 Å². The molecule has 1 aliphatic heterocycles. The molecule has 6 rings (SSSR count). The summed E-state index contributed by atoms with van der Waals surface area (Å²) in [6, 6.07) is 14.7. The molecule has 2 atom stereocenters. The van der Waals surface area contributed by atoms with E-state index in [1.165, 1.54) is 0 Å². The number of methoxy groups -OCH3 is 2. The Bertz CT molecular complexity index is 1670. The van der Waals surface area contributed by atoms with Gasteiger partial charge in [-0.1, -0.05) is 11.6 Å². The van der Waals surface area contributed by atoms with E-state index in [1.807, 2.05) is 56.7 Å². The molecule has 0 amide bonds. The Morgan fingerprint density at radius 2 is 1.95 bits per heavy atom. The van der Waals surface area contributed by atoms with Crippen LogP contribution >= 0.6 is 22.9 Å². The van der Waals surface area contributed by atoms with E-state index < -0.39 is 11.0 Å². The lowest BCUT2D eigenvalue weighted by Crippen LogP contribution is -2.43. The first-order valence-corrected chi connectivity index (χ1v) is 15.1. The zero-order valence-corrected chi connectivity index (χ0v) is 24.3. The topological polar surface area (TPSA) is 93.9 Å². The molecule has 1 N–H and O–H groups in total. The molecule has 1 aliphatic rings. The summed E-state index contributed by atoms with van der Waals surface area (Å²) < 4.78 is 28.4. The molecule has 0 bridgehead atoms. The Morgan fingerprint density at radius 3 is 2.75 bits per heavy atom. The van der Waals surface area contributed by atoms with E-state index in [2.05, 4.69) is 10.3 Å². The highest BCUT2D eigenvalue weighted by atomic mass is 35.5. The van der Waals surface area contributed by atoms with Gasteiger partial charge in [0.15, 0.2) is 4.96 Å². The zero-order chi connectivity index (χ0) is 27.6. The van der Waals surface area contributed by atoms with Gasteiger partial charge in [-0.2, -0.15) is 0 Å². The van der Waals surface area contributed by atoms with Crippen molar-refractivity contribution < 1.29 is 13.7 Å². The summed E-state index contributed by atoms with van der Waals surface area (Å²) in [5, 5.41) is 6.10. The predicted octanol–water partition coefficient (Wildman–Crippen LogP) is 5.79. The summed E-state index contributed by atoms with van der Waals surface area (Å²) in [4.78, 5) is 15.9. The van der Waals surface area contributed by atoms with E-state index in [-0.39, 0.29) is 6.04 Å². The van der Waals surface area contributed by atoms with Gasteiger partial charge < -0.3 is 14.8 Å². The van der Waals surface area contributed by atoms with Crippen molar-refractivity contribution in [3.8, 4) is 34.1 Å². The third-order valence-electron chi connectivity index (χ3n) is 6.79. The average Bonchev–Trinajstić information content (AvgIpc) is 3.59. The second kappa shape index (κ2) is 11.5. The van der Waals surface area contributed by atoms with Gasteiger partial charge in [-0.05, 0) is 61.4 Å². The summed E-state index contributed by atoms with van der Waals surface area (Å²) in [6.07, 6.45) is 5.57. The molecule has 0 saturated carbocycles. The fraction of sp³-hybridized carbons (Fsp3) is 0.250. The molecule has 0 radical (unpaired) electrons. The number of nitrogens with one attached hydrogen (secondary N) is 1. The number of ether oxygens (including phenoxy) is 2. The van der Waals surface area contributed by atoms with Crippen molar-refractivity contribution in [3.05, 3.63) is 71.3 Å². The summed E-state index contributed by atoms with van der Waals surface area (Å²) in [5.41, 5.74) is 3.12. The van der Waals surface area contributed by atoms with Crippen LogP contribution in [0.1, 0.15) is 12.8 Å². The number of thiazole rings is 1. The number of anilines is 1. The molecule has 5 aromatic rings. The SMILES string of the molecule is COc1ccc(OC)c(-c2nc3sccn3c2-c2ccnc(N[C@@H]3CCCN(S(=O)c4ccc(Cl)cc4)C3)n2)c1. The highest BCUT2D eigenvalue weighted by Crippen LogP contribution is 2.39. The smallest absolute Gasteiger partial charge is 0.223 e. The second-order valence-corrected chi connectivity index (χ2v) is 12.1. The summed E-state index contributed by atoms with van der Waals surface area (Å²) in [5.74, 6) is 1.91. The number of rotatable bonds is 8. The molecular weight excluding hydrogens is 568 g/mol. The quantitative estimate of drug-likeness (QED) is 0.243. The van der Waals surface area contributed by atoms with Gasteiger partial charge in [0.2, 0.25) is 5.95 Å². The van der Waals surface area contributed by atoms with Crippen LogP contribution in [-0.2, 0) is 11.0 Å². The van der Waals surface area contributed by atoms with E-state index in [4.69, 9.17) is 31.0 Å². The molecule has 0 aliphatic carbocycles. The maximum absolute atomic E-state index is 13.2. The Kier molecular flexibility index (Phi) is 7.70. The number of piperidine rings is 1. The van der Waals surface area contributed by atoms with Crippen molar-refractivity contribution in [2.45, 2.75) is 23.8 Å². The van der Waals surface area contributed by atoms with Crippen LogP contribution in [0.2, 0.25) is 5.02 Å². The molecular formula is C28H27ClN6O3S2. The summed E-state index contributed by atoms with van der Waals surface area (Å²) >= 11 is 7.56. The molecule has 1 saturated heterocycles. The minimum atomic E-state index is -1.27. The summed E-state index contributed by atoms with van der Waals surface area (Å²) in [6.45, 7) is 1.36. The molecule has 12 heteroatoms. The predicted molar refractivity (Wildman–Crippen MR) is 159 cm³/mol. The standard InChI is InChI=1S/C28H27ClN6O3S2/c1-37-20-7-10-24(38-2)22(16-20)25-26(35-14-15-39-28(35)33-25)23-11-12-30-27(32-23)31-19-4-3-13-34(17-19)40(36)21-8-5-18(29)6-9-21/h5-12,14-16,19H,3-4,13,17H2,1-2H3,(H,30,31,32)/t19-,40?/m1/s1. The number of nitrogens with zero attached hydrogens (tertiary/aromatic N) is 5. The molecule has 40 heavy (non-hydrogen) atoms. The van der Waals surface area contributed by atoms with Crippen molar-refractivity contribution in [1.29, 1.82) is 0 Å². The van der Waals surface area contributed by atoms with Crippen LogP contribution in [-0.4, -0.2) is 61.2 Å². The molecule has 206 valence electrons. The van der Waals surface area contributed by atoms with E-state index in [0.717, 1.165) is 51.9 Å². The third kappa shape index (κ3) is 5.29. The highest BCUT2D eigenvalue weighted by molar-refractivity contribution is 7.82. The number of benzene rings is 2. The van der Waals surface area contributed by atoms with E-state index in [9.17, 15) is 4.21 Å². The van der Waals surface area contributed by atoms with E-state index in [0.29, 0.717) is 29.0 Å². The van der Waals surface area contributed by atoms with Crippen molar-refractivity contribution in [2.75, 3.05) is 32.6 Å². The molecule has 9 nitrogen and oxygen atoms in total. The number of halogens is 1. The van der Waals surface area contributed by atoms with E-state index >= 15 is 0 Å². The van der Waals surface area contributed by atoms with Crippen molar-refractivity contribution >= 4 is 44.8 Å². The monoisotopic (exact) mass is 594 g/mol. The molecule has 1 fully saturated rings. The highest BCUT2D eigenvalue weighted by Gasteiger charge is 2.26. The lowest BCUT2D eigenvalue weighted by Gasteiger charge is -2.32. The van der Waals surface area contributed by atoms with Gasteiger partial charge in [0.05, 0.1) is 24.8 Å². The van der Waals surface area contributed by atoms with Crippen molar-refractivity contribution in [2.24, 2.45) is 0 Å². The van der Waals surface area contributed by atoms with Crippen LogP contribution < -0.4 is 14.8 Å². The maximum Gasteiger partial charge on any atom is 0.223 e. The first kappa shape index (κ1) is 26.7. The Hall–Kier alpha value is -3.51. The van der Waals surface area contributed by atoms with Gasteiger partial charge in [0.25, 0.3) is 0 Å². The number of hydrogen-bond acceptors (Lipinski definition) is 8. The van der Waals surface area contributed by atoms with Gasteiger partial charge in [-0.25, -0.2) is 23.5 Å². The minimum absolute atomic E-state index is 0.0461. The minimum Gasteiger partial charge on any atom is -0.497 e. The molecule has 0 spiro atoms. The lowest BCUT2D eigenvalue weighted by molar-refractivity contribution is 0.342. The van der Waals surface area contributed by atoms with Crippen LogP contribution in [0.5, 0.6) is 11.5 Å². The number of hydrogen-bond donors (Lipinski definition) is 1. The Labute approximate surface area is 243 Å². The van der Waals surface area contributed by atoms with Crippen molar-refractivity contribution in [3.63, 3.8) is 0 Å². The fourth-order valence-corrected chi connectivity index (χ4v) is 6.99. The van der Waals surface area contributed by atoms with E-state index in [1.54, 1.807) is 43.9 Å². The van der Waals surface area contributed by atoms with Crippen molar-refractivity contribution in [1.82, 2.24) is 23.7 Å². The largest absolute Gasteiger partial charge is 0.497 e. The van der Waals surface area contributed by atoms with Crippen LogP contribution in [0.3, 0.4) is 0 Å². The van der Waals surface area contributed by atoms with Crippen LogP contribution in [0, 0.1) is 0 Å². The van der Waals surface area contributed by atoms with Gasteiger partial charge in [-0.3, -0.25) is 4.40 Å². The first-order valence-electron chi connectivity index (χ1n) is 12.7. The summed E-state index contributed by atoms with van der Waals surface area (Å²) in [7, 11) is 2.01. The van der Waals surface area contributed by atoms with Crippen LogP contribution in [0.15, 0.2) is 71.2 Å². The van der Waals surface area contributed by atoms with Crippen LogP contribution in [0.4, 0.5) is 5.95 Å². The average molecular weight is 595 g/mol. The second-order valence-electron chi connectivity index (χ2n) is 9.27. The number of fused-ring (bicyclic) bond motifs is 1. The maximum atomic E-state index is 13.2. The fourth-order valence-electron chi connectivity index (χ4n) is 4.87. The van der Waals surface area contributed by atoms with Crippen LogP contribution in [0.25, 0.3) is 27.6 Å². The Balaban J connectivity index is 1.29. The number of aromatic nitrogens is 4. The molecule has 3 aromatic heterocycles. The molecule has 4 heterocycles. The lowest BCUT2D eigenvalue weighted by atomic mass is 10.1. The normalized spacial score (nSPS) is 16.6. The molecule has 2 aromatic carbocycles. The van der Waals surface area contributed by atoms with Gasteiger partial charge in [0, 0.05) is 47.5 Å². The third-order valence-corrected chi connectivity index (χ3v) is 9.27. The Morgan fingerprint density at radius 1 is 1.10 bits per heavy atom. The van der Waals surface area contributed by atoms with Gasteiger partial charge in [0.1, 0.15) is 33.9 Å². The van der Waals surface area contributed by atoms with Gasteiger partial charge in [-0.15, -0.1) is 11.3 Å². The first-order chi connectivity index (χ1) is 19.5. The zero-order valence-electron chi connectivity index (χ0n) is 21.9. The number of imidazole rings is 1.